The first kappa shape index (κ1) is 30.4. The number of carbonyl (C=O) groups excluding carboxylic acids is 1. The van der Waals surface area contributed by atoms with Gasteiger partial charge in [0, 0.05) is 31.5 Å². The third kappa shape index (κ3) is 6.60. The first-order chi connectivity index (χ1) is 21.2. The van der Waals surface area contributed by atoms with Gasteiger partial charge in [-0.2, -0.15) is 18.3 Å². The van der Waals surface area contributed by atoms with E-state index in [1.165, 1.54) is 31.1 Å². The van der Waals surface area contributed by atoms with E-state index in [0.29, 0.717) is 66.0 Å². The average molecular weight is 614 g/mol. The van der Waals surface area contributed by atoms with E-state index in [-0.39, 0.29) is 17.3 Å². The maximum atomic E-state index is 15.4. The number of hydrogen-bond acceptors (Lipinski definition) is 9. The largest absolute Gasteiger partial charge is 0.443 e. The Kier molecular flexibility index (Phi) is 9.01. The number of aromatic nitrogens is 5. The maximum Gasteiger partial charge on any atom is 0.416 e. The molecule has 0 bridgehead atoms. The fraction of sp³-hybridized carbons (Fsp3) is 0.250. The molecule has 4 heterocycles. The predicted molar refractivity (Wildman–Crippen MR) is 153 cm³/mol. The smallest absolute Gasteiger partial charge is 0.416 e. The summed E-state index contributed by atoms with van der Waals surface area (Å²) in [5, 5.41) is 12.2. The number of amides is 2. The number of anilines is 3. The Balaban J connectivity index is 1.46. The molecular weight excluding hydrogens is 586 g/mol. The second kappa shape index (κ2) is 13.0. The van der Waals surface area contributed by atoms with Crippen LogP contribution in [-0.4, -0.2) is 50.4 Å². The minimum absolute atomic E-state index is 0.129. The van der Waals surface area contributed by atoms with Crippen molar-refractivity contribution >= 4 is 28.9 Å². The molecule has 2 amide bonds. The van der Waals surface area contributed by atoms with Crippen molar-refractivity contribution < 1.29 is 31.5 Å². The number of benzene rings is 1. The lowest BCUT2D eigenvalue weighted by Crippen LogP contribution is -2.21. The average Bonchev–Trinajstić information content (AvgIpc) is 3.63. The van der Waals surface area contributed by atoms with Crippen molar-refractivity contribution in [2.75, 3.05) is 36.1 Å². The molecule has 0 saturated heterocycles. The molecule has 0 unspecified atom stereocenters. The highest BCUT2D eigenvalue weighted by Gasteiger charge is 2.31. The monoisotopic (exact) mass is 613 g/mol. The summed E-state index contributed by atoms with van der Waals surface area (Å²) in [4.78, 5) is 24.3. The number of pyridine rings is 1. The summed E-state index contributed by atoms with van der Waals surface area (Å²) in [5.74, 6) is -0.691. The van der Waals surface area contributed by atoms with Gasteiger partial charge in [-0.05, 0) is 36.2 Å². The van der Waals surface area contributed by atoms with Crippen LogP contribution >= 0.6 is 0 Å². The normalized spacial score (nSPS) is 11.7. The van der Waals surface area contributed by atoms with Crippen molar-refractivity contribution in [3.63, 3.8) is 0 Å². The lowest BCUT2D eigenvalue weighted by atomic mass is 9.99. The van der Waals surface area contributed by atoms with Crippen LogP contribution in [0, 0.1) is 5.82 Å². The zero-order valence-electron chi connectivity index (χ0n) is 23.3. The van der Waals surface area contributed by atoms with Crippen LogP contribution in [0.2, 0.25) is 0 Å². The molecule has 0 fully saturated rings. The van der Waals surface area contributed by atoms with Gasteiger partial charge in [0.05, 0.1) is 35.3 Å². The van der Waals surface area contributed by atoms with E-state index in [4.69, 9.17) is 14.9 Å². The molecule has 5 N–H and O–H groups in total. The highest BCUT2D eigenvalue weighted by molar-refractivity contribution is 6.01. The molecule has 0 atom stereocenters. The van der Waals surface area contributed by atoms with Gasteiger partial charge in [0.1, 0.15) is 23.5 Å². The number of oxazole rings is 1. The Labute approximate surface area is 247 Å². The summed E-state index contributed by atoms with van der Waals surface area (Å²) in [6, 6.07) is 4.46. The van der Waals surface area contributed by atoms with Gasteiger partial charge in [0.2, 0.25) is 0 Å². The van der Waals surface area contributed by atoms with Gasteiger partial charge in [-0.15, -0.1) is 0 Å². The number of carbonyl (C=O) groups is 1. The Hall–Kier alpha value is -5.09. The molecule has 0 saturated carbocycles. The number of halogens is 4. The minimum Gasteiger partial charge on any atom is -0.443 e. The number of nitrogens with two attached hydrogens (primary N) is 1. The Morgan fingerprint density at radius 3 is 2.68 bits per heavy atom. The summed E-state index contributed by atoms with van der Waals surface area (Å²) in [6.45, 7) is 4.03. The molecule has 44 heavy (non-hydrogen) atoms. The number of rotatable bonds is 11. The van der Waals surface area contributed by atoms with E-state index in [2.05, 4.69) is 36.0 Å². The molecule has 5 aromatic rings. The van der Waals surface area contributed by atoms with Gasteiger partial charge in [0.15, 0.2) is 18.0 Å². The number of ether oxygens (including phenoxy) is 1. The molecule has 12 nitrogen and oxygen atoms in total. The third-order valence-electron chi connectivity index (χ3n) is 6.43. The highest BCUT2D eigenvalue weighted by atomic mass is 19.4. The van der Waals surface area contributed by atoms with Gasteiger partial charge in [0.25, 0.3) is 0 Å². The molecule has 1 aromatic carbocycles. The summed E-state index contributed by atoms with van der Waals surface area (Å²) in [5.41, 5.74) is 7.46. The fourth-order valence-corrected chi connectivity index (χ4v) is 4.54. The second-order valence-electron chi connectivity index (χ2n) is 9.46. The molecule has 0 radical (unpaired) electrons. The number of fused-ring (bicyclic) bond motifs is 1. The van der Waals surface area contributed by atoms with Crippen LogP contribution in [0.15, 0.2) is 59.9 Å². The third-order valence-corrected chi connectivity index (χ3v) is 6.43. The van der Waals surface area contributed by atoms with Crippen molar-refractivity contribution in [1.29, 1.82) is 0 Å². The molecule has 16 heteroatoms. The molecule has 0 spiro atoms. The summed E-state index contributed by atoms with van der Waals surface area (Å²) < 4.78 is 67.2. The molecule has 5 rings (SSSR count). The van der Waals surface area contributed by atoms with E-state index < -0.39 is 23.6 Å². The maximum absolute atomic E-state index is 15.4. The van der Waals surface area contributed by atoms with Crippen LogP contribution in [0.1, 0.15) is 24.6 Å². The van der Waals surface area contributed by atoms with Crippen molar-refractivity contribution in [3.8, 4) is 22.5 Å². The van der Waals surface area contributed by atoms with Crippen LogP contribution in [0.4, 0.5) is 39.7 Å². The van der Waals surface area contributed by atoms with Crippen LogP contribution in [0.25, 0.3) is 28.0 Å². The number of alkyl halides is 3. The first-order valence-electron chi connectivity index (χ1n) is 13.4. The summed E-state index contributed by atoms with van der Waals surface area (Å²) in [7, 11) is 0. The summed E-state index contributed by atoms with van der Waals surface area (Å²) in [6.07, 6.45) is 1.25. The second-order valence-corrected chi connectivity index (χ2v) is 9.46. The van der Waals surface area contributed by atoms with Gasteiger partial charge < -0.3 is 25.5 Å². The molecule has 4 aromatic heterocycles. The SMILES string of the molecule is CCCOCCNCc1c(-c2cnco2)c(-c2ccc(NC(=O)Nc3cc(C(F)(F)F)ccn3)c(F)c2)c2c(N)ncnn12. The van der Waals surface area contributed by atoms with Crippen LogP contribution < -0.4 is 21.7 Å². The van der Waals surface area contributed by atoms with Crippen molar-refractivity contribution in [1.82, 2.24) is 29.9 Å². The highest BCUT2D eigenvalue weighted by Crippen LogP contribution is 2.42. The van der Waals surface area contributed by atoms with E-state index in [0.717, 1.165) is 18.7 Å². The molecular formula is C28H27F4N9O3. The van der Waals surface area contributed by atoms with E-state index in [9.17, 15) is 18.0 Å². The Morgan fingerprint density at radius 1 is 1.11 bits per heavy atom. The standard InChI is InChI=1S/C28H27F4N9O3/c1-2-8-43-9-7-34-12-20-24(21-13-35-15-44-21)23(25-26(33)37-14-38-41(20)25)16-3-4-19(18(29)10-16)39-27(42)40-22-11-17(5-6-36-22)28(30,31)32/h3-6,10-11,13-15,34H,2,7-9,12H2,1H3,(H2,33,37,38)(H2,36,39,40,42). The minimum atomic E-state index is -4.63. The Morgan fingerprint density at radius 2 is 1.95 bits per heavy atom. The van der Waals surface area contributed by atoms with Crippen LogP contribution in [0.5, 0.6) is 0 Å². The molecule has 0 aliphatic rings. The Bertz CT molecular complexity index is 1760. The number of nitrogen functional groups attached to an aromatic ring is 1. The topological polar surface area (TPSA) is 158 Å². The lowest BCUT2D eigenvalue weighted by Gasteiger charge is -2.11. The number of nitrogens with one attached hydrogen (secondary N) is 3. The lowest BCUT2D eigenvalue weighted by molar-refractivity contribution is -0.137. The zero-order valence-corrected chi connectivity index (χ0v) is 23.3. The van der Waals surface area contributed by atoms with Gasteiger partial charge in [-0.1, -0.05) is 13.0 Å². The predicted octanol–water partition coefficient (Wildman–Crippen LogP) is 5.35. The van der Waals surface area contributed by atoms with Crippen molar-refractivity contribution in [2.45, 2.75) is 26.1 Å². The van der Waals surface area contributed by atoms with Crippen LogP contribution in [-0.2, 0) is 17.5 Å². The van der Waals surface area contributed by atoms with Crippen LogP contribution in [0.3, 0.4) is 0 Å². The molecule has 230 valence electrons. The summed E-state index contributed by atoms with van der Waals surface area (Å²) >= 11 is 0. The number of urea groups is 1. The van der Waals surface area contributed by atoms with E-state index in [1.807, 2.05) is 6.92 Å². The van der Waals surface area contributed by atoms with E-state index >= 15 is 4.39 Å². The van der Waals surface area contributed by atoms with Gasteiger partial charge in [-0.3, -0.25) is 5.32 Å². The van der Waals surface area contributed by atoms with Crippen molar-refractivity contribution in [3.05, 3.63) is 72.5 Å². The van der Waals surface area contributed by atoms with Crippen molar-refractivity contribution in [2.24, 2.45) is 0 Å². The number of hydrogen-bond donors (Lipinski definition) is 4. The quantitative estimate of drug-likeness (QED) is 0.114. The van der Waals surface area contributed by atoms with Gasteiger partial charge >= 0.3 is 12.2 Å². The zero-order chi connectivity index (χ0) is 31.3. The van der Waals surface area contributed by atoms with Gasteiger partial charge in [-0.25, -0.2) is 28.7 Å². The number of nitrogens with zero attached hydrogens (tertiary/aromatic N) is 5. The molecule has 0 aliphatic heterocycles. The van der Waals surface area contributed by atoms with E-state index in [1.54, 1.807) is 10.6 Å². The molecule has 0 aliphatic carbocycles. The first-order valence-corrected chi connectivity index (χ1v) is 13.4. The fourth-order valence-electron chi connectivity index (χ4n) is 4.54.